The molecule has 1 amide bonds. The lowest BCUT2D eigenvalue weighted by molar-refractivity contribution is -0.121. The molecule has 1 aromatic heterocycles. The van der Waals surface area contributed by atoms with Gasteiger partial charge in [-0.1, -0.05) is 0 Å². The molecule has 0 radical (unpaired) electrons. The van der Waals surface area contributed by atoms with Crippen molar-refractivity contribution in [3.05, 3.63) is 35.1 Å². The van der Waals surface area contributed by atoms with E-state index in [1.807, 2.05) is 13.0 Å². The van der Waals surface area contributed by atoms with Gasteiger partial charge in [0.2, 0.25) is 5.91 Å². The number of methoxy groups -OCH3 is 1. The maximum Gasteiger partial charge on any atom is 0.224 e. The first-order valence-electron chi connectivity index (χ1n) is 6.77. The van der Waals surface area contributed by atoms with E-state index >= 15 is 0 Å². The molecule has 0 spiro atoms. The van der Waals surface area contributed by atoms with E-state index < -0.39 is 0 Å². The van der Waals surface area contributed by atoms with Gasteiger partial charge in [-0.05, 0) is 44.0 Å². The quantitative estimate of drug-likeness (QED) is 0.913. The first-order chi connectivity index (χ1) is 9.51. The maximum atomic E-state index is 12.0. The summed E-state index contributed by atoms with van der Waals surface area (Å²) in [6.45, 7) is 6.54. The zero-order valence-electron chi connectivity index (χ0n) is 12.4. The molecule has 0 aliphatic heterocycles. The second kappa shape index (κ2) is 6.09. The zero-order chi connectivity index (χ0) is 14.7. The molecule has 1 unspecified atom stereocenters. The number of carbonyl (C=O) groups is 1. The number of benzene rings is 1. The van der Waals surface area contributed by atoms with Crippen LogP contribution in [0.25, 0.3) is 11.0 Å². The van der Waals surface area contributed by atoms with Gasteiger partial charge in [0.05, 0.1) is 19.3 Å². The van der Waals surface area contributed by atoms with Gasteiger partial charge in [-0.3, -0.25) is 4.79 Å². The molecule has 2 aromatic rings. The van der Waals surface area contributed by atoms with Gasteiger partial charge in [-0.25, -0.2) is 0 Å². The van der Waals surface area contributed by atoms with Crippen LogP contribution in [-0.2, 0) is 16.0 Å². The third kappa shape index (κ3) is 3.20. The third-order valence-electron chi connectivity index (χ3n) is 3.45. The second-order valence-corrected chi connectivity index (χ2v) is 5.29. The van der Waals surface area contributed by atoms with E-state index in [1.54, 1.807) is 13.4 Å². The molecule has 4 nitrogen and oxygen atoms in total. The van der Waals surface area contributed by atoms with Crippen LogP contribution in [0.1, 0.15) is 23.6 Å². The summed E-state index contributed by atoms with van der Waals surface area (Å²) in [6, 6.07) is 4.10. The van der Waals surface area contributed by atoms with Crippen LogP contribution in [0.3, 0.4) is 0 Å². The van der Waals surface area contributed by atoms with E-state index in [4.69, 9.17) is 9.15 Å². The van der Waals surface area contributed by atoms with Gasteiger partial charge in [-0.2, -0.15) is 0 Å². The highest BCUT2D eigenvalue weighted by molar-refractivity contribution is 5.88. The van der Waals surface area contributed by atoms with Crippen molar-refractivity contribution in [3.8, 4) is 0 Å². The van der Waals surface area contributed by atoms with E-state index in [0.29, 0.717) is 13.0 Å². The van der Waals surface area contributed by atoms with Crippen molar-refractivity contribution in [2.75, 3.05) is 13.7 Å². The van der Waals surface area contributed by atoms with Gasteiger partial charge in [0, 0.05) is 24.1 Å². The lowest BCUT2D eigenvalue weighted by atomic mass is 10.0. The van der Waals surface area contributed by atoms with Crippen LogP contribution in [0.15, 0.2) is 22.8 Å². The fourth-order valence-electron chi connectivity index (χ4n) is 2.26. The predicted molar refractivity (Wildman–Crippen MR) is 78.9 cm³/mol. The summed E-state index contributed by atoms with van der Waals surface area (Å²) in [6.07, 6.45) is 1.99. The largest absolute Gasteiger partial charge is 0.464 e. The highest BCUT2D eigenvalue weighted by Gasteiger charge is 2.13. The average Bonchev–Trinajstić information content (AvgIpc) is 2.72. The molecule has 108 valence electrons. The molecule has 0 bridgehead atoms. The number of ether oxygens (including phenoxy) is 1. The summed E-state index contributed by atoms with van der Waals surface area (Å²) >= 11 is 0. The van der Waals surface area contributed by atoms with E-state index in [1.165, 1.54) is 11.1 Å². The highest BCUT2D eigenvalue weighted by Crippen LogP contribution is 2.25. The van der Waals surface area contributed by atoms with Crippen molar-refractivity contribution in [1.29, 1.82) is 0 Å². The minimum Gasteiger partial charge on any atom is -0.464 e. The number of hydrogen-bond donors (Lipinski definition) is 1. The van der Waals surface area contributed by atoms with Gasteiger partial charge < -0.3 is 14.5 Å². The summed E-state index contributed by atoms with van der Waals surface area (Å²) < 4.78 is 10.5. The summed E-state index contributed by atoms with van der Waals surface area (Å²) in [7, 11) is 1.62. The molecular formula is C16H21NO3. The summed E-state index contributed by atoms with van der Waals surface area (Å²) in [5, 5.41) is 3.92. The van der Waals surface area contributed by atoms with Crippen molar-refractivity contribution in [3.63, 3.8) is 0 Å². The number of rotatable bonds is 5. The average molecular weight is 275 g/mol. The van der Waals surface area contributed by atoms with Gasteiger partial charge in [0.25, 0.3) is 0 Å². The molecule has 0 saturated heterocycles. The minimum atomic E-state index is -0.0181. The SMILES string of the molecule is COCC(C)NC(=O)Cc1coc2cc(C)c(C)cc12. The van der Waals surface area contributed by atoms with Crippen LogP contribution in [0.4, 0.5) is 0 Å². The van der Waals surface area contributed by atoms with Gasteiger partial charge in [0.15, 0.2) is 0 Å². The summed E-state index contributed by atoms with van der Waals surface area (Å²) in [5.74, 6) is -0.0181. The molecule has 2 rings (SSSR count). The summed E-state index contributed by atoms with van der Waals surface area (Å²) in [4.78, 5) is 12.0. The molecule has 4 heteroatoms. The lowest BCUT2D eigenvalue weighted by Gasteiger charge is -2.12. The van der Waals surface area contributed by atoms with E-state index in [0.717, 1.165) is 16.5 Å². The summed E-state index contributed by atoms with van der Waals surface area (Å²) in [5.41, 5.74) is 4.15. The molecule has 0 aliphatic carbocycles. The number of nitrogens with one attached hydrogen (secondary N) is 1. The Morgan fingerprint density at radius 1 is 1.35 bits per heavy atom. The van der Waals surface area contributed by atoms with Crippen LogP contribution >= 0.6 is 0 Å². The molecule has 0 aliphatic rings. The molecule has 1 aromatic carbocycles. The molecule has 0 fully saturated rings. The van der Waals surface area contributed by atoms with Crippen LogP contribution in [-0.4, -0.2) is 25.7 Å². The normalized spacial score (nSPS) is 12.6. The Labute approximate surface area is 119 Å². The van der Waals surface area contributed by atoms with Gasteiger partial charge in [0.1, 0.15) is 5.58 Å². The van der Waals surface area contributed by atoms with Crippen LogP contribution in [0.5, 0.6) is 0 Å². The Morgan fingerprint density at radius 2 is 2.05 bits per heavy atom. The number of aryl methyl sites for hydroxylation is 2. The fourth-order valence-corrected chi connectivity index (χ4v) is 2.26. The first-order valence-corrected chi connectivity index (χ1v) is 6.77. The topological polar surface area (TPSA) is 51.5 Å². The Balaban J connectivity index is 2.14. The molecular weight excluding hydrogens is 254 g/mol. The first kappa shape index (κ1) is 14.6. The van der Waals surface area contributed by atoms with E-state index in [2.05, 4.69) is 25.2 Å². The third-order valence-corrected chi connectivity index (χ3v) is 3.45. The zero-order valence-corrected chi connectivity index (χ0v) is 12.4. The second-order valence-electron chi connectivity index (χ2n) is 5.29. The predicted octanol–water partition coefficient (Wildman–Crippen LogP) is 2.74. The maximum absolute atomic E-state index is 12.0. The van der Waals surface area contributed by atoms with Crippen molar-refractivity contribution in [2.45, 2.75) is 33.2 Å². The minimum absolute atomic E-state index is 0.00893. The monoisotopic (exact) mass is 275 g/mol. The Kier molecular flexibility index (Phi) is 4.45. The highest BCUT2D eigenvalue weighted by atomic mass is 16.5. The Bertz CT molecular complexity index is 615. The number of amides is 1. The molecule has 0 saturated carbocycles. The van der Waals surface area contributed by atoms with Crippen molar-refractivity contribution in [1.82, 2.24) is 5.32 Å². The van der Waals surface area contributed by atoms with Crippen LogP contribution in [0, 0.1) is 13.8 Å². The number of hydrogen-bond acceptors (Lipinski definition) is 3. The van der Waals surface area contributed by atoms with E-state index in [9.17, 15) is 4.79 Å². The molecule has 1 N–H and O–H groups in total. The molecule has 20 heavy (non-hydrogen) atoms. The van der Waals surface area contributed by atoms with Gasteiger partial charge in [-0.15, -0.1) is 0 Å². The van der Waals surface area contributed by atoms with Crippen molar-refractivity contribution in [2.24, 2.45) is 0 Å². The Hall–Kier alpha value is -1.81. The smallest absolute Gasteiger partial charge is 0.224 e. The number of carbonyl (C=O) groups excluding carboxylic acids is 1. The van der Waals surface area contributed by atoms with Crippen molar-refractivity contribution >= 4 is 16.9 Å². The van der Waals surface area contributed by atoms with Crippen LogP contribution in [0.2, 0.25) is 0 Å². The van der Waals surface area contributed by atoms with E-state index in [-0.39, 0.29) is 11.9 Å². The van der Waals surface area contributed by atoms with Gasteiger partial charge >= 0.3 is 0 Å². The fraction of sp³-hybridized carbons (Fsp3) is 0.438. The molecule has 1 heterocycles. The number of furan rings is 1. The Morgan fingerprint density at radius 3 is 2.75 bits per heavy atom. The standard InChI is InChI=1S/C16H21NO3/c1-10-5-14-13(9-20-15(14)6-11(10)2)7-16(18)17-12(3)8-19-4/h5-6,9,12H,7-8H2,1-4H3,(H,17,18). The molecule has 1 atom stereocenters. The van der Waals surface area contributed by atoms with Crippen molar-refractivity contribution < 1.29 is 13.9 Å². The number of fused-ring (bicyclic) bond motifs is 1. The lowest BCUT2D eigenvalue weighted by Crippen LogP contribution is -2.36. The van der Waals surface area contributed by atoms with Crippen LogP contribution < -0.4 is 5.32 Å².